The summed E-state index contributed by atoms with van der Waals surface area (Å²) in [6, 6.07) is 4.91. The molecule has 1 fully saturated rings. The van der Waals surface area contributed by atoms with Gasteiger partial charge in [-0.25, -0.2) is 4.79 Å². The van der Waals surface area contributed by atoms with Gasteiger partial charge in [0, 0.05) is 37.9 Å². The summed E-state index contributed by atoms with van der Waals surface area (Å²) in [5.41, 5.74) is 0.452. The highest BCUT2D eigenvalue weighted by molar-refractivity contribution is 6.39. The van der Waals surface area contributed by atoms with Crippen molar-refractivity contribution in [3.8, 4) is 11.5 Å². The molecule has 0 aromatic heterocycles. The topological polar surface area (TPSA) is 97.4 Å². The molecule has 1 aromatic carbocycles. The molecule has 1 N–H and O–H groups in total. The lowest BCUT2D eigenvalue weighted by molar-refractivity contribution is -0.144. The van der Waals surface area contributed by atoms with Crippen LogP contribution in [0.2, 0.25) is 0 Å². The molecule has 0 spiro atoms. The van der Waals surface area contributed by atoms with E-state index in [4.69, 9.17) is 14.2 Å². The molecule has 2 aliphatic heterocycles. The zero-order valence-corrected chi connectivity index (χ0v) is 13.8. The van der Waals surface area contributed by atoms with E-state index in [2.05, 4.69) is 5.32 Å². The minimum absolute atomic E-state index is 0.135. The molecule has 0 unspecified atom stereocenters. The van der Waals surface area contributed by atoms with Crippen molar-refractivity contribution in [1.29, 1.82) is 0 Å². The van der Waals surface area contributed by atoms with E-state index in [1.54, 1.807) is 25.1 Å². The minimum atomic E-state index is -0.733. The van der Waals surface area contributed by atoms with E-state index in [1.807, 2.05) is 0 Å². The molecule has 25 heavy (non-hydrogen) atoms. The third-order valence-electron chi connectivity index (χ3n) is 3.92. The first kappa shape index (κ1) is 16.9. The molecule has 2 aliphatic rings. The van der Waals surface area contributed by atoms with Crippen molar-refractivity contribution in [3.05, 3.63) is 18.2 Å². The average Bonchev–Trinajstić information content (AvgIpc) is 3.09. The van der Waals surface area contributed by atoms with Crippen molar-refractivity contribution < 1.29 is 28.6 Å². The number of fused-ring (bicyclic) bond motifs is 1. The number of nitrogens with zero attached hydrogens (tertiary/aromatic N) is 2. The zero-order valence-electron chi connectivity index (χ0n) is 13.8. The maximum atomic E-state index is 12.3. The highest BCUT2D eigenvalue weighted by Gasteiger charge is 2.28. The standard InChI is InChI=1S/C16H19N3O6/c1-2-23-16(22)19-7-5-18(6-8-19)15(21)14(20)17-11-3-4-12-13(9-11)25-10-24-12/h3-4,9H,2,5-8,10H2,1H3,(H,17,20). The molecule has 0 aliphatic carbocycles. The SMILES string of the molecule is CCOC(=O)N1CCN(C(=O)C(=O)Nc2ccc3c(c2)OCO3)CC1. The highest BCUT2D eigenvalue weighted by Crippen LogP contribution is 2.34. The number of hydrogen-bond acceptors (Lipinski definition) is 6. The van der Waals surface area contributed by atoms with Gasteiger partial charge in [0.05, 0.1) is 6.61 Å². The molecule has 1 aromatic rings. The van der Waals surface area contributed by atoms with Crippen LogP contribution in [0.5, 0.6) is 11.5 Å². The number of benzene rings is 1. The Hall–Kier alpha value is -2.97. The summed E-state index contributed by atoms with van der Waals surface area (Å²) in [6.45, 7) is 3.41. The number of hydrogen-bond donors (Lipinski definition) is 1. The van der Waals surface area contributed by atoms with Crippen LogP contribution in [0.4, 0.5) is 10.5 Å². The summed E-state index contributed by atoms with van der Waals surface area (Å²) in [5.74, 6) is -0.252. The molecule has 134 valence electrons. The van der Waals surface area contributed by atoms with Crippen molar-refractivity contribution >= 4 is 23.6 Å². The second kappa shape index (κ2) is 7.29. The van der Waals surface area contributed by atoms with E-state index in [-0.39, 0.29) is 19.9 Å². The Balaban J connectivity index is 1.53. The van der Waals surface area contributed by atoms with E-state index >= 15 is 0 Å². The van der Waals surface area contributed by atoms with Crippen molar-refractivity contribution in [2.75, 3.05) is 44.9 Å². The predicted molar refractivity (Wildman–Crippen MR) is 86.4 cm³/mol. The van der Waals surface area contributed by atoms with Gasteiger partial charge in [-0.3, -0.25) is 9.59 Å². The van der Waals surface area contributed by atoms with Crippen molar-refractivity contribution in [1.82, 2.24) is 9.80 Å². The summed E-state index contributed by atoms with van der Waals surface area (Å²) in [4.78, 5) is 39.0. The average molecular weight is 349 g/mol. The first-order valence-electron chi connectivity index (χ1n) is 8.00. The maximum absolute atomic E-state index is 12.3. The second-order valence-corrected chi connectivity index (χ2v) is 5.50. The Morgan fingerprint density at radius 1 is 1.08 bits per heavy atom. The molecular formula is C16H19N3O6. The van der Waals surface area contributed by atoms with Gasteiger partial charge in [-0.1, -0.05) is 0 Å². The Kier molecular flexibility index (Phi) is 4.92. The molecular weight excluding hydrogens is 330 g/mol. The monoisotopic (exact) mass is 349 g/mol. The van der Waals surface area contributed by atoms with Crippen LogP contribution >= 0.6 is 0 Å². The van der Waals surface area contributed by atoms with Gasteiger partial charge >= 0.3 is 17.9 Å². The molecule has 0 bridgehead atoms. The summed E-state index contributed by atoms with van der Waals surface area (Å²) in [7, 11) is 0. The molecule has 0 radical (unpaired) electrons. The molecule has 1 saturated heterocycles. The maximum Gasteiger partial charge on any atom is 0.409 e. The number of nitrogens with one attached hydrogen (secondary N) is 1. The number of piperazine rings is 1. The highest BCUT2D eigenvalue weighted by atomic mass is 16.7. The van der Waals surface area contributed by atoms with E-state index in [0.29, 0.717) is 36.9 Å². The van der Waals surface area contributed by atoms with Crippen LogP contribution in [0.25, 0.3) is 0 Å². The molecule has 0 atom stereocenters. The number of carbonyl (C=O) groups is 3. The van der Waals surface area contributed by atoms with Gasteiger partial charge in [-0.2, -0.15) is 0 Å². The summed E-state index contributed by atoms with van der Waals surface area (Å²) < 4.78 is 15.4. The first-order valence-corrected chi connectivity index (χ1v) is 8.00. The van der Waals surface area contributed by atoms with Gasteiger partial charge in [0.25, 0.3) is 0 Å². The van der Waals surface area contributed by atoms with Crippen LogP contribution in [0, 0.1) is 0 Å². The smallest absolute Gasteiger partial charge is 0.409 e. The van der Waals surface area contributed by atoms with Gasteiger partial charge in [0.2, 0.25) is 6.79 Å². The van der Waals surface area contributed by atoms with Crippen LogP contribution in [0.1, 0.15) is 6.92 Å². The van der Waals surface area contributed by atoms with Crippen LogP contribution in [-0.2, 0) is 14.3 Å². The summed E-state index contributed by atoms with van der Waals surface area (Å²) in [5, 5.41) is 2.55. The largest absolute Gasteiger partial charge is 0.454 e. The van der Waals surface area contributed by atoms with Crippen LogP contribution in [0.3, 0.4) is 0 Å². The number of amides is 3. The zero-order chi connectivity index (χ0) is 17.8. The molecule has 2 heterocycles. The van der Waals surface area contributed by atoms with Crippen LogP contribution in [-0.4, -0.2) is 67.3 Å². The van der Waals surface area contributed by atoms with Gasteiger partial charge in [-0.15, -0.1) is 0 Å². The van der Waals surface area contributed by atoms with Gasteiger partial charge < -0.3 is 29.3 Å². The first-order chi connectivity index (χ1) is 12.1. The fourth-order valence-corrected chi connectivity index (χ4v) is 2.61. The normalized spacial score (nSPS) is 15.7. The van der Waals surface area contributed by atoms with Gasteiger partial charge in [0.1, 0.15) is 0 Å². The summed E-state index contributed by atoms with van der Waals surface area (Å²) >= 11 is 0. The molecule has 3 rings (SSSR count). The van der Waals surface area contributed by atoms with Crippen LogP contribution < -0.4 is 14.8 Å². The van der Waals surface area contributed by atoms with Gasteiger partial charge in [-0.05, 0) is 19.1 Å². The Bertz CT molecular complexity index is 684. The Morgan fingerprint density at radius 3 is 2.48 bits per heavy atom. The third kappa shape index (κ3) is 3.76. The fourth-order valence-electron chi connectivity index (χ4n) is 2.61. The number of ether oxygens (including phenoxy) is 3. The Morgan fingerprint density at radius 2 is 1.76 bits per heavy atom. The van der Waals surface area contributed by atoms with Gasteiger partial charge in [0.15, 0.2) is 11.5 Å². The van der Waals surface area contributed by atoms with Crippen molar-refractivity contribution in [2.45, 2.75) is 6.92 Å². The predicted octanol–water partition coefficient (Wildman–Crippen LogP) is 0.654. The van der Waals surface area contributed by atoms with Crippen molar-refractivity contribution in [2.24, 2.45) is 0 Å². The van der Waals surface area contributed by atoms with Crippen LogP contribution in [0.15, 0.2) is 18.2 Å². The third-order valence-corrected chi connectivity index (χ3v) is 3.92. The van der Waals surface area contributed by atoms with Crippen molar-refractivity contribution in [3.63, 3.8) is 0 Å². The Labute approximate surface area is 144 Å². The number of rotatable bonds is 2. The lowest BCUT2D eigenvalue weighted by Crippen LogP contribution is -2.53. The van der Waals surface area contributed by atoms with E-state index in [0.717, 1.165) is 0 Å². The molecule has 3 amide bonds. The lowest BCUT2D eigenvalue weighted by atomic mass is 10.2. The van der Waals surface area contributed by atoms with E-state index in [9.17, 15) is 14.4 Å². The molecule has 0 saturated carbocycles. The second-order valence-electron chi connectivity index (χ2n) is 5.50. The molecule has 9 heteroatoms. The lowest BCUT2D eigenvalue weighted by Gasteiger charge is -2.33. The quantitative estimate of drug-likeness (QED) is 0.788. The van der Waals surface area contributed by atoms with E-state index < -0.39 is 17.9 Å². The molecule has 9 nitrogen and oxygen atoms in total. The van der Waals surface area contributed by atoms with E-state index in [1.165, 1.54) is 9.80 Å². The summed E-state index contributed by atoms with van der Waals surface area (Å²) in [6.07, 6.45) is -0.403. The fraction of sp³-hybridized carbons (Fsp3) is 0.438. The number of anilines is 1. The number of carbonyl (C=O) groups excluding carboxylic acids is 3. The minimum Gasteiger partial charge on any atom is -0.454 e.